The van der Waals surface area contributed by atoms with Crippen molar-refractivity contribution in [1.82, 2.24) is 4.98 Å². The number of carbonyl (C=O) groups is 1. The predicted octanol–water partition coefficient (Wildman–Crippen LogP) is 6.67. The molecule has 0 fully saturated rings. The molecule has 1 N–H and O–H groups in total. The van der Waals surface area contributed by atoms with Gasteiger partial charge in [0.05, 0.1) is 10.6 Å². The van der Waals surface area contributed by atoms with Gasteiger partial charge in [-0.25, -0.2) is 4.98 Å². The monoisotopic (exact) mass is 410 g/mol. The first-order valence-electron chi connectivity index (χ1n) is 8.65. The molecule has 0 unspecified atom stereocenters. The summed E-state index contributed by atoms with van der Waals surface area (Å²) in [5.41, 5.74) is 5.09. The van der Waals surface area contributed by atoms with Gasteiger partial charge in [-0.3, -0.25) is 4.79 Å². The predicted molar refractivity (Wildman–Crippen MR) is 113 cm³/mol. The number of oxazole rings is 1. The van der Waals surface area contributed by atoms with Crippen LogP contribution < -0.4 is 5.32 Å². The molecular weight excluding hydrogens is 395 g/mol. The van der Waals surface area contributed by atoms with Crippen LogP contribution in [0.25, 0.3) is 22.6 Å². The normalized spacial score (nSPS) is 11.0. The van der Waals surface area contributed by atoms with E-state index in [1.54, 1.807) is 30.3 Å². The number of halogens is 2. The summed E-state index contributed by atoms with van der Waals surface area (Å²) in [5.74, 6) is 0.190. The number of anilines is 1. The fourth-order valence-corrected chi connectivity index (χ4v) is 3.39. The van der Waals surface area contributed by atoms with Crippen LogP contribution >= 0.6 is 23.2 Å². The average molecular weight is 411 g/mol. The topological polar surface area (TPSA) is 55.1 Å². The number of nitrogens with one attached hydrogen (secondary N) is 1. The van der Waals surface area contributed by atoms with E-state index in [0.29, 0.717) is 38.3 Å². The highest BCUT2D eigenvalue weighted by atomic mass is 35.5. The summed E-state index contributed by atoms with van der Waals surface area (Å²) >= 11 is 12.2. The van der Waals surface area contributed by atoms with Crippen molar-refractivity contribution in [3.05, 3.63) is 81.3 Å². The Hall–Kier alpha value is -2.82. The van der Waals surface area contributed by atoms with Gasteiger partial charge in [-0.05, 0) is 67.4 Å². The van der Waals surface area contributed by atoms with Crippen molar-refractivity contribution in [2.75, 3.05) is 5.32 Å². The van der Waals surface area contributed by atoms with E-state index >= 15 is 0 Å². The Balaban J connectivity index is 1.67. The van der Waals surface area contributed by atoms with Crippen LogP contribution in [0.4, 0.5) is 5.69 Å². The van der Waals surface area contributed by atoms with Crippen molar-refractivity contribution in [3.8, 4) is 11.5 Å². The summed E-state index contributed by atoms with van der Waals surface area (Å²) in [5, 5.41) is 3.94. The summed E-state index contributed by atoms with van der Waals surface area (Å²) in [6, 6.07) is 16.3. The van der Waals surface area contributed by atoms with E-state index in [1.807, 2.05) is 38.1 Å². The fraction of sp³-hybridized carbons (Fsp3) is 0.0909. The standard InChI is InChI=1S/C22H16Cl2N2O2/c1-12-3-7-16(17(24)9-12)21(27)25-18-10-14(5-4-13(18)2)22-26-19-11-15(23)6-8-20(19)28-22/h3-11H,1-2H3,(H,25,27). The van der Waals surface area contributed by atoms with E-state index < -0.39 is 0 Å². The number of fused-ring (bicyclic) bond motifs is 1. The third-order valence-corrected chi connectivity index (χ3v) is 5.00. The Morgan fingerprint density at radius 2 is 1.82 bits per heavy atom. The molecule has 4 aromatic rings. The Bertz CT molecular complexity index is 1210. The molecule has 3 aromatic carbocycles. The lowest BCUT2D eigenvalue weighted by Crippen LogP contribution is -2.13. The number of nitrogens with zero attached hydrogens (tertiary/aromatic N) is 1. The first-order valence-corrected chi connectivity index (χ1v) is 9.41. The molecule has 1 heterocycles. The zero-order valence-corrected chi connectivity index (χ0v) is 16.7. The summed E-state index contributed by atoms with van der Waals surface area (Å²) in [7, 11) is 0. The highest BCUT2D eigenvalue weighted by Gasteiger charge is 2.14. The fourth-order valence-electron chi connectivity index (χ4n) is 2.91. The van der Waals surface area contributed by atoms with Crippen LogP contribution in [0, 0.1) is 13.8 Å². The van der Waals surface area contributed by atoms with Gasteiger partial charge >= 0.3 is 0 Å². The van der Waals surface area contributed by atoms with Gasteiger partial charge in [0, 0.05) is 16.3 Å². The molecule has 6 heteroatoms. The van der Waals surface area contributed by atoms with E-state index in [4.69, 9.17) is 27.6 Å². The molecule has 1 aromatic heterocycles. The summed E-state index contributed by atoms with van der Waals surface area (Å²) in [4.78, 5) is 17.2. The average Bonchev–Trinajstić information content (AvgIpc) is 3.06. The van der Waals surface area contributed by atoms with Gasteiger partial charge < -0.3 is 9.73 Å². The summed E-state index contributed by atoms with van der Waals surface area (Å²) < 4.78 is 5.82. The Kier molecular flexibility index (Phi) is 4.84. The number of rotatable bonds is 3. The lowest BCUT2D eigenvalue weighted by atomic mass is 10.1. The molecule has 0 saturated carbocycles. The number of aromatic nitrogens is 1. The van der Waals surface area contributed by atoms with Crippen molar-refractivity contribution in [2.45, 2.75) is 13.8 Å². The summed E-state index contributed by atoms with van der Waals surface area (Å²) in [6.07, 6.45) is 0. The highest BCUT2D eigenvalue weighted by Crippen LogP contribution is 2.29. The van der Waals surface area contributed by atoms with Gasteiger partial charge in [0.1, 0.15) is 5.52 Å². The second-order valence-electron chi connectivity index (χ2n) is 6.60. The molecule has 0 aliphatic heterocycles. The number of benzene rings is 3. The molecule has 0 radical (unpaired) electrons. The maximum atomic E-state index is 12.7. The molecule has 0 bridgehead atoms. The van der Waals surface area contributed by atoms with Crippen LogP contribution in [0.5, 0.6) is 0 Å². The van der Waals surface area contributed by atoms with E-state index in [0.717, 1.165) is 16.7 Å². The lowest BCUT2D eigenvalue weighted by molar-refractivity contribution is 0.102. The molecule has 28 heavy (non-hydrogen) atoms. The van der Waals surface area contributed by atoms with Crippen LogP contribution in [-0.2, 0) is 0 Å². The van der Waals surface area contributed by atoms with Crippen molar-refractivity contribution in [1.29, 1.82) is 0 Å². The van der Waals surface area contributed by atoms with Gasteiger partial charge in [0.2, 0.25) is 5.89 Å². The molecule has 4 rings (SSSR count). The van der Waals surface area contributed by atoms with Crippen LogP contribution in [-0.4, -0.2) is 10.9 Å². The van der Waals surface area contributed by atoms with Gasteiger partial charge in [-0.1, -0.05) is 35.3 Å². The van der Waals surface area contributed by atoms with Crippen LogP contribution in [0.15, 0.2) is 59.0 Å². The maximum Gasteiger partial charge on any atom is 0.257 e. The molecule has 0 saturated heterocycles. The number of hydrogen-bond acceptors (Lipinski definition) is 3. The van der Waals surface area contributed by atoms with Crippen molar-refractivity contribution >= 4 is 45.9 Å². The van der Waals surface area contributed by atoms with Gasteiger partial charge in [-0.2, -0.15) is 0 Å². The van der Waals surface area contributed by atoms with Crippen molar-refractivity contribution in [3.63, 3.8) is 0 Å². The Labute approximate surface area is 172 Å². The Morgan fingerprint density at radius 1 is 1.00 bits per heavy atom. The molecule has 0 atom stereocenters. The SMILES string of the molecule is Cc1ccc(C(=O)Nc2cc(-c3nc4cc(Cl)ccc4o3)ccc2C)c(Cl)c1. The van der Waals surface area contributed by atoms with Gasteiger partial charge in [0.15, 0.2) is 5.58 Å². The second-order valence-corrected chi connectivity index (χ2v) is 7.44. The van der Waals surface area contributed by atoms with Crippen molar-refractivity contribution in [2.24, 2.45) is 0 Å². The zero-order valence-electron chi connectivity index (χ0n) is 15.2. The first-order chi connectivity index (χ1) is 13.4. The summed E-state index contributed by atoms with van der Waals surface area (Å²) in [6.45, 7) is 3.84. The van der Waals surface area contributed by atoms with Gasteiger partial charge in [-0.15, -0.1) is 0 Å². The van der Waals surface area contributed by atoms with E-state index in [1.165, 1.54) is 0 Å². The smallest absolute Gasteiger partial charge is 0.257 e. The van der Waals surface area contributed by atoms with E-state index in [9.17, 15) is 4.79 Å². The largest absolute Gasteiger partial charge is 0.436 e. The maximum absolute atomic E-state index is 12.7. The zero-order chi connectivity index (χ0) is 19.8. The molecule has 140 valence electrons. The van der Waals surface area contributed by atoms with Crippen molar-refractivity contribution < 1.29 is 9.21 Å². The minimum Gasteiger partial charge on any atom is -0.436 e. The number of carbonyl (C=O) groups excluding carboxylic acids is 1. The molecular formula is C22H16Cl2N2O2. The number of amides is 1. The molecule has 0 spiro atoms. The first kappa shape index (κ1) is 18.5. The van der Waals surface area contributed by atoms with Crippen LogP contribution in [0.2, 0.25) is 10.0 Å². The van der Waals surface area contributed by atoms with Crippen LogP contribution in [0.3, 0.4) is 0 Å². The minimum absolute atomic E-state index is 0.269. The third kappa shape index (κ3) is 3.61. The molecule has 4 nitrogen and oxygen atoms in total. The number of aryl methyl sites for hydroxylation is 2. The van der Waals surface area contributed by atoms with E-state index in [-0.39, 0.29) is 5.91 Å². The quantitative estimate of drug-likeness (QED) is 0.410. The second kappa shape index (κ2) is 7.30. The Morgan fingerprint density at radius 3 is 2.61 bits per heavy atom. The van der Waals surface area contributed by atoms with E-state index in [2.05, 4.69) is 10.3 Å². The lowest BCUT2D eigenvalue weighted by Gasteiger charge is -2.11. The molecule has 0 aliphatic rings. The molecule has 0 aliphatic carbocycles. The van der Waals surface area contributed by atoms with Gasteiger partial charge in [0.25, 0.3) is 5.91 Å². The highest BCUT2D eigenvalue weighted by molar-refractivity contribution is 6.34. The molecule has 1 amide bonds. The minimum atomic E-state index is -0.269. The third-order valence-electron chi connectivity index (χ3n) is 4.45. The van der Waals surface area contributed by atoms with Crippen LogP contribution in [0.1, 0.15) is 21.5 Å². The number of hydrogen-bond donors (Lipinski definition) is 1.